The molecule has 1 aromatic carbocycles. The lowest BCUT2D eigenvalue weighted by atomic mass is 10.0. The maximum absolute atomic E-state index is 10.9. The summed E-state index contributed by atoms with van der Waals surface area (Å²) in [5.74, 6) is 0. The van der Waals surface area contributed by atoms with Gasteiger partial charge in [0, 0.05) is 25.7 Å². The average Bonchev–Trinajstić information content (AvgIpc) is 2.38. The van der Waals surface area contributed by atoms with Crippen LogP contribution < -0.4 is 0 Å². The van der Waals surface area contributed by atoms with Gasteiger partial charge in [0.15, 0.2) is 0 Å². The Morgan fingerprint density at radius 1 is 1.44 bits per heavy atom. The highest BCUT2D eigenvalue weighted by molar-refractivity contribution is 5.41. The van der Waals surface area contributed by atoms with Crippen LogP contribution in [0.1, 0.15) is 37.9 Å². The van der Waals surface area contributed by atoms with Crippen molar-refractivity contribution in [3.8, 4) is 0 Å². The molecule has 0 aliphatic rings. The lowest BCUT2D eigenvalue weighted by Crippen LogP contribution is -2.10. The van der Waals surface area contributed by atoms with Gasteiger partial charge < -0.3 is 9.84 Å². The molecule has 0 saturated heterocycles. The van der Waals surface area contributed by atoms with Crippen molar-refractivity contribution in [2.45, 2.75) is 32.3 Å². The van der Waals surface area contributed by atoms with E-state index >= 15 is 0 Å². The number of benzene rings is 1. The first kappa shape index (κ1) is 14.6. The third kappa shape index (κ3) is 4.09. The second kappa shape index (κ2) is 7.79. The number of nitro benzene ring substituents is 1. The molecule has 1 unspecified atom stereocenters. The lowest BCUT2D eigenvalue weighted by molar-refractivity contribution is -0.386. The van der Waals surface area contributed by atoms with Gasteiger partial charge in [-0.2, -0.15) is 0 Å². The molecule has 1 rings (SSSR count). The molecule has 1 N–H and O–H groups in total. The summed E-state index contributed by atoms with van der Waals surface area (Å²) in [4.78, 5) is 10.5. The van der Waals surface area contributed by atoms with Gasteiger partial charge in [0.2, 0.25) is 0 Å². The molecule has 0 amide bonds. The predicted molar refractivity (Wildman–Crippen MR) is 68.4 cm³/mol. The van der Waals surface area contributed by atoms with Gasteiger partial charge in [0.05, 0.1) is 16.6 Å². The van der Waals surface area contributed by atoms with Crippen molar-refractivity contribution in [2.24, 2.45) is 0 Å². The lowest BCUT2D eigenvalue weighted by Gasteiger charge is -2.17. The fourth-order valence-corrected chi connectivity index (χ4v) is 1.74. The molecule has 100 valence electrons. The van der Waals surface area contributed by atoms with Crippen molar-refractivity contribution >= 4 is 5.69 Å². The van der Waals surface area contributed by atoms with E-state index in [0.717, 1.165) is 12.8 Å². The molecule has 5 heteroatoms. The third-order valence-corrected chi connectivity index (χ3v) is 2.69. The van der Waals surface area contributed by atoms with Crippen LogP contribution in [0.25, 0.3) is 0 Å². The minimum Gasteiger partial charge on any atom is -0.396 e. The molecular weight excluding hydrogens is 234 g/mol. The van der Waals surface area contributed by atoms with Gasteiger partial charge in [-0.1, -0.05) is 25.5 Å². The first-order valence-electron chi connectivity index (χ1n) is 6.16. The van der Waals surface area contributed by atoms with Crippen LogP contribution in [0.3, 0.4) is 0 Å². The van der Waals surface area contributed by atoms with E-state index in [4.69, 9.17) is 9.84 Å². The summed E-state index contributed by atoms with van der Waals surface area (Å²) < 4.78 is 5.64. The Hall–Kier alpha value is -1.46. The van der Waals surface area contributed by atoms with Crippen molar-refractivity contribution in [2.75, 3.05) is 13.2 Å². The Kier molecular flexibility index (Phi) is 6.32. The molecule has 0 saturated carbocycles. The number of aliphatic hydroxyl groups is 1. The predicted octanol–water partition coefficient (Wildman–Crippen LogP) is 2.84. The van der Waals surface area contributed by atoms with Crippen LogP contribution in [0.2, 0.25) is 0 Å². The Morgan fingerprint density at radius 2 is 2.17 bits per heavy atom. The van der Waals surface area contributed by atoms with E-state index in [1.54, 1.807) is 18.2 Å². The fraction of sp³-hybridized carbons (Fsp3) is 0.538. The van der Waals surface area contributed by atoms with E-state index in [1.165, 1.54) is 6.07 Å². The molecule has 0 spiro atoms. The Balaban J connectivity index is 2.86. The summed E-state index contributed by atoms with van der Waals surface area (Å²) in [6.07, 6.45) is 1.86. The van der Waals surface area contributed by atoms with E-state index < -0.39 is 11.0 Å². The summed E-state index contributed by atoms with van der Waals surface area (Å²) in [7, 11) is 0. The van der Waals surface area contributed by atoms with Crippen molar-refractivity contribution < 1.29 is 14.8 Å². The second-order valence-electron chi connectivity index (χ2n) is 4.04. The van der Waals surface area contributed by atoms with Crippen LogP contribution in [0, 0.1) is 10.1 Å². The van der Waals surface area contributed by atoms with E-state index in [2.05, 4.69) is 6.92 Å². The smallest absolute Gasteiger partial charge is 0.275 e. The molecule has 0 heterocycles. The van der Waals surface area contributed by atoms with E-state index in [9.17, 15) is 10.1 Å². The SMILES string of the molecule is CCCCOC(CCO)c1ccccc1[N+](=O)[O-]. The maximum atomic E-state index is 10.9. The van der Waals surface area contributed by atoms with Crippen LogP contribution in [0.5, 0.6) is 0 Å². The van der Waals surface area contributed by atoms with Gasteiger partial charge in [-0.05, 0) is 12.5 Å². The van der Waals surface area contributed by atoms with Crippen LogP contribution in [-0.4, -0.2) is 23.2 Å². The number of hydrogen-bond acceptors (Lipinski definition) is 4. The number of ether oxygens (including phenoxy) is 1. The van der Waals surface area contributed by atoms with Crippen LogP contribution >= 0.6 is 0 Å². The maximum Gasteiger partial charge on any atom is 0.275 e. The number of hydrogen-bond donors (Lipinski definition) is 1. The van der Waals surface area contributed by atoms with Crippen molar-refractivity contribution in [3.05, 3.63) is 39.9 Å². The fourth-order valence-electron chi connectivity index (χ4n) is 1.74. The van der Waals surface area contributed by atoms with Gasteiger partial charge >= 0.3 is 0 Å². The van der Waals surface area contributed by atoms with E-state index in [1.807, 2.05) is 0 Å². The van der Waals surface area contributed by atoms with E-state index in [-0.39, 0.29) is 12.3 Å². The van der Waals surface area contributed by atoms with E-state index in [0.29, 0.717) is 18.6 Å². The summed E-state index contributed by atoms with van der Waals surface area (Å²) in [6.45, 7) is 2.55. The monoisotopic (exact) mass is 253 g/mol. The molecule has 0 bridgehead atoms. The number of rotatable bonds is 8. The number of nitro groups is 1. The molecule has 0 aliphatic heterocycles. The Labute approximate surface area is 107 Å². The molecule has 0 radical (unpaired) electrons. The normalized spacial score (nSPS) is 12.3. The second-order valence-corrected chi connectivity index (χ2v) is 4.04. The molecule has 0 fully saturated rings. The topological polar surface area (TPSA) is 72.6 Å². The van der Waals surface area contributed by atoms with Gasteiger partial charge in [-0.15, -0.1) is 0 Å². The van der Waals surface area contributed by atoms with Gasteiger partial charge in [0.1, 0.15) is 0 Å². The molecule has 1 atom stereocenters. The summed E-state index contributed by atoms with van der Waals surface area (Å²) in [5, 5.41) is 20.0. The highest BCUT2D eigenvalue weighted by Crippen LogP contribution is 2.29. The van der Waals surface area contributed by atoms with Gasteiger partial charge in [0.25, 0.3) is 5.69 Å². The molecule has 18 heavy (non-hydrogen) atoms. The summed E-state index contributed by atoms with van der Waals surface area (Å²) in [5.41, 5.74) is 0.583. The van der Waals surface area contributed by atoms with Crippen LogP contribution in [0.15, 0.2) is 24.3 Å². The minimum absolute atomic E-state index is 0.0486. The zero-order valence-corrected chi connectivity index (χ0v) is 10.5. The van der Waals surface area contributed by atoms with Gasteiger partial charge in [-0.3, -0.25) is 10.1 Å². The highest BCUT2D eigenvalue weighted by atomic mass is 16.6. The number of para-hydroxylation sites is 1. The zero-order valence-electron chi connectivity index (χ0n) is 10.5. The number of nitrogens with zero attached hydrogens (tertiary/aromatic N) is 1. The van der Waals surface area contributed by atoms with Gasteiger partial charge in [-0.25, -0.2) is 0 Å². The van der Waals surface area contributed by atoms with Crippen LogP contribution in [-0.2, 0) is 4.74 Å². The number of aliphatic hydroxyl groups excluding tert-OH is 1. The third-order valence-electron chi connectivity index (χ3n) is 2.69. The van der Waals surface area contributed by atoms with Crippen LogP contribution in [0.4, 0.5) is 5.69 Å². The Bertz CT molecular complexity index is 381. The first-order valence-corrected chi connectivity index (χ1v) is 6.16. The number of unbranched alkanes of at least 4 members (excludes halogenated alkanes) is 1. The average molecular weight is 253 g/mol. The quantitative estimate of drug-likeness (QED) is 0.439. The van der Waals surface area contributed by atoms with Crippen molar-refractivity contribution in [1.29, 1.82) is 0 Å². The standard InChI is InChI=1S/C13H19NO4/c1-2-3-10-18-13(8-9-15)11-6-4-5-7-12(11)14(16)17/h4-7,13,15H,2-3,8-10H2,1H3. The van der Waals surface area contributed by atoms with Crippen molar-refractivity contribution in [3.63, 3.8) is 0 Å². The molecular formula is C13H19NO4. The largest absolute Gasteiger partial charge is 0.396 e. The summed E-state index contributed by atoms with van der Waals surface area (Å²) in [6, 6.07) is 6.52. The minimum atomic E-state index is -0.414. The first-order chi connectivity index (χ1) is 8.70. The molecule has 5 nitrogen and oxygen atoms in total. The molecule has 1 aromatic rings. The zero-order chi connectivity index (χ0) is 13.4. The molecule has 0 aromatic heterocycles. The van der Waals surface area contributed by atoms with Crippen molar-refractivity contribution in [1.82, 2.24) is 0 Å². The highest BCUT2D eigenvalue weighted by Gasteiger charge is 2.21. The summed E-state index contributed by atoms with van der Waals surface area (Å²) >= 11 is 0. The Morgan fingerprint density at radius 3 is 2.78 bits per heavy atom. The molecule has 0 aliphatic carbocycles.